The fourth-order valence-corrected chi connectivity index (χ4v) is 2.80. The maximum Gasteiger partial charge on any atom is 0.261 e. The first-order chi connectivity index (χ1) is 12.9. The number of para-hydroxylation sites is 1. The van der Waals surface area contributed by atoms with Crippen molar-refractivity contribution in [2.75, 3.05) is 13.2 Å². The second-order valence-electron chi connectivity index (χ2n) is 5.94. The summed E-state index contributed by atoms with van der Waals surface area (Å²) in [5.74, 6) is 0.0558. The summed E-state index contributed by atoms with van der Waals surface area (Å²) in [4.78, 5) is 26.5. The van der Waals surface area contributed by atoms with Crippen molar-refractivity contribution >= 4 is 35.0 Å². The van der Waals surface area contributed by atoms with Crippen LogP contribution in [0.3, 0.4) is 0 Å². The highest BCUT2D eigenvalue weighted by Crippen LogP contribution is 2.24. The molecule has 0 aliphatic heterocycles. The van der Waals surface area contributed by atoms with Gasteiger partial charge in [0.1, 0.15) is 11.8 Å². The first-order valence-corrected chi connectivity index (χ1v) is 9.37. The van der Waals surface area contributed by atoms with E-state index in [1.807, 2.05) is 25.1 Å². The van der Waals surface area contributed by atoms with E-state index in [4.69, 9.17) is 27.9 Å². The molecule has 2 aromatic carbocycles. The minimum atomic E-state index is -0.661. The van der Waals surface area contributed by atoms with Crippen molar-refractivity contribution in [2.24, 2.45) is 0 Å². The normalized spacial score (nSPS) is 11.6. The van der Waals surface area contributed by atoms with Crippen molar-refractivity contribution in [3.8, 4) is 5.75 Å². The van der Waals surface area contributed by atoms with Gasteiger partial charge >= 0.3 is 0 Å². The number of hydrogen-bond acceptors (Lipinski definition) is 3. The number of hydrogen-bond donors (Lipinski definition) is 1. The van der Waals surface area contributed by atoms with E-state index >= 15 is 0 Å². The molecule has 0 aliphatic rings. The Labute approximate surface area is 169 Å². The smallest absolute Gasteiger partial charge is 0.261 e. The van der Waals surface area contributed by atoms with Crippen molar-refractivity contribution in [1.82, 2.24) is 10.2 Å². The summed E-state index contributed by atoms with van der Waals surface area (Å²) in [6.07, 6.45) is 0. The zero-order valence-electron chi connectivity index (χ0n) is 15.2. The van der Waals surface area contributed by atoms with Gasteiger partial charge in [0.05, 0.1) is 10.0 Å². The largest absolute Gasteiger partial charge is 0.484 e. The average molecular weight is 409 g/mol. The third-order valence-electron chi connectivity index (χ3n) is 3.96. The van der Waals surface area contributed by atoms with Gasteiger partial charge in [-0.25, -0.2) is 0 Å². The molecule has 1 N–H and O–H groups in total. The van der Waals surface area contributed by atoms with Crippen LogP contribution >= 0.6 is 23.2 Å². The van der Waals surface area contributed by atoms with Crippen LogP contribution in [0, 0.1) is 0 Å². The molecule has 0 fully saturated rings. The van der Waals surface area contributed by atoms with Crippen LogP contribution in [0.5, 0.6) is 5.75 Å². The molecule has 144 valence electrons. The van der Waals surface area contributed by atoms with E-state index in [0.717, 1.165) is 5.56 Å². The molecule has 0 saturated heterocycles. The Hall–Kier alpha value is -2.24. The summed E-state index contributed by atoms with van der Waals surface area (Å²) in [7, 11) is 0. The van der Waals surface area contributed by atoms with Crippen molar-refractivity contribution in [2.45, 2.75) is 26.4 Å². The first kappa shape index (κ1) is 21.1. The minimum Gasteiger partial charge on any atom is -0.484 e. The van der Waals surface area contributed by atoms with Crippen molar-refractivity contribution in [3.05, 3.63) is 64.1 Å². The number of nitrogens with zero attached hydrogens (tertiary/aromatic N) is 1. The molecule has 2 amide bonds. The van der Waals surface area contributed by atoms with Gasteiger partial charge in [0.25, 0.3) is 5.91 Å². The molecule has 7 heteroatoms. The average Bonchev–Trinajstić information content (AvgIpc) is 2.67. The monoisotopic (exact) mass is 408 g/mol. The predicted octanol–water partition coefficient (Wildman–Crippen LogP) is 3.93. The van der Waals surface area contributed by atoms with E-state index in [9.17, 15) is 9.59 Å². The zero-order chi connectivity index (χ0) is 19.8. The van der Waals surface area contributed by atoms with Crippen LogP contribution in [0.1, 0.15) is 19.4 Å². The van der Waals surface area contributed by atoms with Crippen molar-refractivity contribution < 1.29 is 14.3 Å². The fourth-order valence-electron chi connectivity index (χ4n) is 2.48. The molecular formula is C20H22Cl2N2O3. The van der Waals surface area contributed by atoms with Gasteiger partial charge in [0.2, 0.25) is 5.91 Å². The summed E-state index contributed by atoms with van der Waals surface area (Å²) in [5.41, 5.74) is 0.772. The van der Waals surface area contributed by atoms with Gasteiger partial charge in [-0.1, -0.05) is 47.5 Å². The van der Waals surface area contributed by atoms with Gasteiger partial charge in [0, 0.05) is 13.1 Å². The predicted molar refractivity (Wildman–Crippen MR) is 107 cm³/mol. The van der Waals surface area contributed by atoms with Gasteiger partial charge < -0.3 is 15.0 Å². The van der Waals surface area contributed by atoms with Gasteiger partial charge in [-0.2, -0.15) is 0 Å². The minimum absolute atomic E-state index is 0.172. The van der Waals surface area contributed by atoms with Crippen LogP contribution < -0.4 is 10.1 Å². The molecule has 5 nitrogen and oxygen atoms in total. The summed E-state index contributed by atoms with van der Waals surface area (Å²) < 4.78 is 5.55. The fraction of sp³-hybridized carbons (Fsp3) is 0.300. The van der Waals surface area contributed by atoms with E-state index in [2.05, 4.69) is 5.32 Å². The number of benzene rings is 2. The van der Waals surface area contributed by atoms with E-state index in [1.54, 1.807) is 37.3 Å². The molecular weight excluding hydrogens is 387 g/mol. The quantitative estimate of drug-likeness (QED) is 0.719. The molecule has 1 atom stereocenters. The lowest BCUT2D eigenvalue weighted by atomic mass is 10.1. The van der Waals surface area contributed by atoms with Crippen LogP contribution in [0.2, 0.25) is 10.0 Å². The second-order valence-corrected chi connectivity index (χ2v) is 6.76. The lowest BCUT2D eigenvalue weighted by Gasteiger charge is -2.28. The summed E-state index contributed by atoms with van der Waals surface area (Å²) >= 11 is 12.0. The molecule has 27 heavy (non-hydrogen) atoms. The van der Waals surface area contributed by atoms with Crippen molar-refractivity contribution in [3.63, 3.8) is 0 Å². The van der Waals surface area contributed by atoms with Gasteiger partial charge in [-0.05, 0) is 43.7 Å². The van der Waals surface area contributed by atoms with E-state index in [1.165, 1.54) is 4.90 Å². The number of nitrogens with one attached hydrogen (secondary N) is 1. The zero-order valence-corrected chi connectivity index (χ0v) is 16.8. The molecule has 0 bridgehead atoms. The maximum atomic E-state index is 12.8. The van der Waals surface area contributed by atoms with Crippen molar-refractivity contribution in [1.29, 1.82) is 0 Å². The Morgan fingerprint density at radius 3 is 2.44 bits per heavy atom. The van der Waals surface area contributed by atoms with Crippen LogP contribution in [0.15, 0.2) is 48.5 Å². The number of ether oxygens (including phenoxy) is 1. The molecule has 0 aromatic heterocycles. The highest BCUT2D eigenvalue weighted by atomic mass is 35.5. The highest BCUT2D eigenvalue weighted by Gasteiger charge is 2.26. The first-order valence-electron chi connectivity index (χ1n) is 8.61. The Kier molecular flexibility index (Phi) is 7.95. The summed E-state index contributed by atoms with van der Waals surface area (Å²) in [6.45, 7) is 4.04. The number of halogens is 2. The summed E-state index contributed by atoms with van der Waals surface area (Å²) in [6, 6.07) is 13.5. The highest BCUT2D eigenvalue weighted by molar-refractivity contribution is 6.42. The number of likely N-dealkylation sites (N-methyl/N-ethyl adjacent to an activating group) is 1. The van der Waals surface area contributed by atoms with Gasteiger partial charge in [0.15, 0.2) is 6.61 Å². The Morgan fingerprint density at radius 1 is 1.11 bits per heavy atom. The lowest BCUT2D eigenvalue weighted by Crippen LogP contribution is -2.49. The maximum absolute atomic E-state index is 12.8. The third-order valence-corrected chi connectivity index (χ3v) is 4.70. The molecule has 0 aliphatic carbocycles. The molecule has 2 aromatic rings. The van der Waals surface area contributed by atoms with E-state index < -0.39 is 6.04 Å². The second kappa shape index (κ2) is 10.2. The number of rotatable bonds is 8. The Balaban J connectivity index is 2.15. The molecule has 0 spiro atoms. The molecule has 0 heterocycles. The Bertz CT molecular complexity index is 784. The number of carbonyl (C=O) groups excluding carboxylic acids is 2. The lowest BCUT2D eigenvalue weighted by molar-refractivity contribution is -0.142. The van der Waals surface area contributed by atoms with E-state index in [0.29, 0.717) is 22.3 Å². The van der Waals surface area contributed by atoms with Gasteiger partial charge in [-0.3, -0.25) is 9.59 Å². The number of amides is 2. The molecule has 1 unspecified atom stereocenters. The van der Waals surface area contributed by atoms with Crippen LogP contribution in [-0.2, 0) is 16.1 Å². The topological polar surface area (TPSA) is 58.6 Å². The molecule has 2 rings (SSSR count). The summed E-state index contributed by atoms with van der Waals surface area (Å²) in [5, 5.41) is 3.57. The number of carbonyl (C=O) groups is 2. The van der Waals surface area contributed by atoms with E-state index in [-0.39, 0.29) is 25.0 Å². The molecule has 0 radical (unpaired) electrons. The third kappa shape index (κ3) is 6.15. The molecule has 0 saturated carbocycles. The van der Waals surface area contributed by atoms with Crippen LogP contribution in [0.4, 0.5) is 0 Å². The Morgan fingerprint density at radius 2 is 1.81 bits per heavy atom. The van der Waals surface area contributed by atoms with Crippen LogP contribution in [-0.4, -0.2) is 35.9 Å². The van der Waals surface area contributed by atoms with Crippen LogP contribution in [0.25, 0.3) is 0 Å². The standard InChI is InChI=1S/C20H22Cl2N2O3/c1-3-23-20(26)14(2)24(12-15-9-10-17(21)18(22)11-15)19(25)13-27-16-7-5-4-6-8-16/h4-11,14H,3,12-13H2,1-2H3,(H,23,26). The van der Waals surface area contributed by atoms with Gasteiger partial charge in [-0.15, -0.1) is 0 Å². The SMILES string of the molecule is CCNC(=O)C(C)N(Cc1ccc(Cl)c(Cl)c1)C(=O)COc1ccccc1.